The van der Waals surface area contributed by atoms with Crippen molar-refractivity contribution in [1.29, 1.82) is 0 Å². The van der Waals surface area contributed by atoms with Gasteiger partial charge in [-0.2, -0.15) is 0 Å². The van der Waals surface area contributed by atoms with Crippen LogP contribution in [-0.4, -0.2) is 36.6 Å². The third-order valence-corrected chi connectivity index (χ3v) is 2.56. The minimum atomic E-state index is 0.676. The summed E-state index contributed by atoms with van der Waals surface area (Å²) in [5.74, 6) is 0. The van der Waals surface area contributed by atoms with Crippen molar-refractivity contribution in [1.82, 2.24) is 10.2 Å². The third kappa shape index (κ3) is 2.76. The number of rotatable bonds is 3. The van der Waals surface area contributed by atoms with Gasteiger partial charge in [0.1, 0.15) is 0 Å². The Kier molecular flexibility index (Phi) is 4.02. The summed E-state index contributed by atoms with van der Waals surface area (Å²) in [4.78, 5) is 2.58. The van der Waals surface area contributed by atoms with Gasteiger partial charge in [0.25, 0.3) is 0 Å². The zero-order valence-corrected chi connectivity index (χ0v) is 8.64. The van der Waals surface area contributed by atoms with Crippen LogP contribution >= 0.6 is 0 Å². The van der Waals surface area contributed by atoms with Crippen LogP contribution in [0.3, 0.4) is 0 Å². The van der Waals surface area contributed by atoms with Gasteiger partial charge in [-0.3, -0.25) is 0 Å². The molecule has 0 aromatic carbocycles. The monoisotopic (exact) mass is 170 g/mol. The predicted molar refractivity (Wildman–Crippen MR) is 53.4 cm³/mol. The van der Waals surface area contributed by atoms with E-state index >= 15 is 0 Å². The van der Waals surface area contributed by atoms with Gasteiger partial charge in [0.2, 0.25) is 0 Å². The Hall–Kier alpha value is -0.0800. The summed E-state index contributed by atoms with van der Waals surface area (Å²) in [5.41, 5.74) is 0. The molecule has 0 aromatic rings. The molecule has 1 aliphatic rings. The van der Waals surface area contributed by atoms with Crippen LogP contribution in [0.4, 0.5) is 0 Å². The normalized spacial score (nSPS) is 32.2. The fourth-order valence-corrected chi connectivity index (χ4v) is 2.03. The molecule has 12 heavy (non-hydrogen) atoms. The molecule has 2 heteroatoms. The van der Waals surface area contributed by atoms with Crippen molar-refractivity contribution in [2.45, 2.75) is 45.7 Å². The van der Waals surface area contributed by atoms with E-state index in [1.807, 2.05) is 0 Å². The van der Waals surface area contributed by atoms with Crippen LogP contribution in [-0.2, 0) is 0 Å². The van der Waals surface area contributed by atoms with E-state index in [2.05, 4.69) is 31.0 Å². The van der Waals surface area contributed by atoms with E-state index < -0.39 is 0 Å². The predicted octanol–water partition coefficient (Wildman–Crippen LogP) is 1.47. The molecule has 1 saturated heterocycles. The second-order valence-electron chi connectivity index (χ2n) is 3.93. The van der Waals surface area contributed by atoms with Gasteiger partial charge in [-0.15, -0.1) is 0 Å². The van der Waals surface area contributed by atoms with E-state index in [0.717, 1.165) is 6.04 Å². The number of nitrogens with one attached hydrogen (secondary N) is 1. The van der Waals surface area contributed by atoms with E-state index in [4.69, 9.17) is 0 Å². The Morgan fingerprint density at radius 1 is 1.33 bits per heavy atom. The fourth-order valence-electron chi connectivity index (χ4n) is 2.03. The molecule has 0 amide bonds. The molecule has 2 unspecified atom stereocenters. The molecule has 1 rings (SSSR count). The molecule has 0 spiro atoms. The van der Waals surface area contributed by atoms with Crippen LogP contribution in [0, 0.1) is 0 Å². The summed E-state index contributed by atoms with van der Waals surface area (Å²) in [7, 11) is 0. The molecule has 0 bridgehead atoms. The molecule has 1 fully saturated rings. The number of piperazine rings is 1. The molecular weight excluding hydrogens is 148 g/mol. The summed E-state index contributed by atoms with van der Waals surface area (Å²) in [6.45, 7) is 10.5. The summed E-state index contributed by atoms with van der Waals surface area (Å²) >= 11 is 0. The van der Waals surface area contributed by atoms with E-state index in [1.54, 1.807) is 0 Å². The van der Waals surface area contributed by atoms with E-state index in [9.17, 15) is 0 Å². The van der Waals surface area contributed by atoms with Crippen molar-refractivity contribution < 1.29 is 0 Å². The Morgan fingerprint density at radius 2 is 2.08 bits per heavy atom. The maximum absolute atomic E-state index is 3.61. The lowest BCUT2D eigenvalue weighted by atomic mass is 10.1. The first kappa shape index (κ1) is 10.0. The molecule has 72 valence electrons. The number of nitrogens with zero attached hydrogens (tertiary/aromatic N) is 1. The van der Waals surface area contributed by atoms with Crippen LogP contribution in [0.5, 0.6) is 0 Å². The van der Waals surface area contributed by atoms with Crippen molar-refractivity contribution in [3.8, 4) is 0 Å². The van der Waals surface area contributed by atoms with Gasteiger partial charge in [-0.1, -0.05) is 13.8 Å². The molecule has 2 atom stereocenters. The van der Waals surface area contributed by atoms with Crippen molar-refractivity contribution >= 4 is 0 Å². The first-order valence-corrected chi connectivity index (χ1v) is 5.24. The van der Waals surface area contributed by atoms with Crippen LogP contribution in [0.1, 0.15) is 33.6 Å². The van der Waals surface area contributed by atoms with Gasteiger partial charge < -0.3 is 10.2 Å². The van der Waals surface area contributed by atoms with Gasteiger partial charge in [0.15, 0.2) is 0 Å². The standard InChI is InChI=1S/C10H22N2/c1-4-6-12-7-9(3)11-10(5-2)8-12/h9-11H,4-8H2,1-3H3. The van der Waals surface area contributed by atoms with Crippen LogP contribution in [0.2, 0.25) is 0 Å². The first-order valence-electron chi connectivity index (χ1n) is 5.24. The smallest absolute Gasteiger partial charge is 0.0195 e. The molecule has 0 saturated carbocycles. The highest BCUT2D eigenvalue weighted by Gasteiger charge is 2.21. The molecule has 0 aromatic heterocycles. The maximum Gasteiger partial charge on any atom is 0.0195 e. The quantitative estimate of drug-likeness (QED) is 0.690. The Bertz CT molecular complexity index is 125. The molecule has 0 radical (unpaired) electrons. The minimum absolute atomic E-state index is 0.676. The zero-order chi connectivity index (χ0) is 8.97. The average molecular weight is 170 g/mol. The second-order valence-corrected chi connectivity index (χ2v) is 3.93. The van der Waals surface area contributed by atoms with Crippen molar-refractivity contribution in [3.05, 3.63) is 0 Å². The largest absolute Gasteiger partial charge is 0.309 e. The minimum Gasteiger partial charge on any atom is -0.309 e. The van der Waals surface area contributed by atoms with Crippen LogP contribution < -0.4 is 5.32 Å². The van der Waals surface area contributed by atoms with Gasteiger partial charge >= 0.3 is 0 Å². The summed E-state index contributed by atoms with van der Waals surface area (Å²) in [6.07, 6.45) is 2.54. The Labute approximate surface area is 76.3 Å². The molecule has 0 aliphatic carbocycles. The Morgan fingerprint density at radius 3 is 2.67 bits per heavy atom. The topological polar surface area (TPSA) is 15.3 Å². The van der Waals surface area contributed by atoms with E-state index in [1.165, 1.54) is 32.5 Å². The second kappa shape index (κ2) is 4.83. The van der Waals surface area contributed by atoms with Gasteiger partial charge in [0, 0.05) is 25.2 Å². The lowest BCUT2D eigenvalue weighted by Gasteiger charge is -2.37. The lowest BCUT2D eigenvalue weighted by Crippen LogP contribution is -2.55. The van der Waals surface area contributed by atoms with Crippen molar-refractivity contribution in [3.63, 3.8) is 0 Å². The maximum atomic E-state index is 3.61. The lowest BCUT2D eigenvalue weighted by molar-refractivity contribution is 0.164. The SMILES string of the molecule is CCCN1CC(C)NC(CC)C1. The molecule has 1 heterocycles. The van der Waals surface area contributed by atoms with E-state index in [-0.39, 0.29) is 0 Å². The van der Waals surface area contributed by atoms with Gasteiger partial charge in [0.05, 0.1) is 0 Å². The van der Waals surface area contributed by atoms with Crippen molar-refractivity contribution in [2.75, 3.05) is 19.6 Å². The molecule has 1 N–H and O–H groups in total. The molecule has 2 nitrogen and oxygen atoms in total. The highest BCUT2D eigenvalue weighted by atomic mass is 15.2. The van der Waals surface area contributed by atoms with Crippen LogP contribution in [0.25, 0.3) is 0 Å². The first-order chi connectivity index (χ1) is 5.76. The number of hydrogen-bond acceptors (Lipinski definition) is 2. The Balaban J connectivity index is 2.34. The van der Waals surface area contributed by atoms with Crippen molar-refractivity contribution in [2.24, 2.45) is 0 Å². The summed E-state index contributed by atoms with van der Waals surface area (Å²) in [6, 6.07) is 1.40. The molecule has 1 aliphatic heterocycles. The van der Waals surface area contributed by atoms with Gasteiger partial charge in [-0.05, 0) is 26.3 Å². The third-order valence-electron chi connectivity index (χ3n) is 2.56. The number of hydrogen-bond donors (Lipinski definition) is 1. The fraction of sp³-hybridized carbons (Fsp3) is 1.00. The van der Waals surface area contributed by atoms with E-state index in [0.29, 0.717) is 6.04 Å². The zero-order valence-electron chi connectivity index (χ0n) is 8.64. The summed E-state index contributed by atoms with van der Waals surface area (Å²) < 4.78 is 0. The molecular formula is C10H22N2. The average Bonchev–Trinajstić information content (AvgIpc) is 2.04. The summed E-state index contributed by atoms with van der Waals surface area (Å²) in [5, 5.41) is 3.61. The van der Waals surface area contributed by atoms with Gasteiger partial charge in [-0.25, -0.2) is 0 Å². The highest BCUT2D eigenvalue weighted by Crippen LogP contribution is 2.06. The highest BCUT2D eigenvalue weighted by molar-refractivity contribution is 4.82. The van der Waals surface area contributed by atoms with Crippen LogP contribution in [0.15, 0.2) is 0 Å².